The largest absolute Gasteiger partial charge is 0.310 e. The summed E-state index contributed by atoms with van der Waals surface area (Å²) < 4.78 is 0. The van der Waals surface area contributed by atoms with Crippen LogP contribution < -0.4 is 4.90 Å². The molecule has 0 spiro atoms. The molecule has 0 unspecified atom stereocenters. The lowest BCUT2D eigenvalue weighted by Gasteiger charge is -2.35. The summed E-state index contributed by atoms with van der Waals surface area (Å²) in [6.07, 6.45) is 0. The van der Waals surface area contributed by atoms with Gasteiger partial charge in [0.15, 0.2) is 0 Å². The van der Waals surface area contributed by atoms with E-state index in [0.29, 0.717) is 0 Å². The Bertz CT molecular complexity index is 3350. The summed E-state index contributed by atoms with van der Waals surface area (Å²) in [6, 6.07) is 81.6. The fourth-order valence-corrected chi connectivity index (χ4v) is 11.2. The van der Waals surface area contributed by atoms with Crippen LogP contribution in [0.5, 0.6) is 0 Å². The second-order valence-corrected chi connectivity index (χ2v) is 17.7. The maximum atomic E-state index is 2.51. The number of fused-ring (bicyclic) bond motifs is 9. The molecule has 0 saturated heterocycles. The topological polar surface area (TPSA) is 3.24 Å². The van der Waals surface area contributed by atoms with Crippen LogP contribution in [0, 0.1) is 6.92 Å². The molecule has 0 radical (unpaired) electrons. The van der Waals surface area contributed by atoms with Crippen molar-refractivity contribution in [3.8, 4) is 33.4 Å². The second-order valence-electron chi connectivity index (χ2n) is 17.7. The summed E-state index contributed by atoms with van der Waals surface area (Å²) >= 11 is 0. The highest BCUT2D eigenvalue weighted by Crippen LogP contribution is 2.58. The molecule has 0 fully saturated rings. The van der Waals surface area contributed by atoms with E-state index in [2.05, 4.69) is 244 Å². The van der Waals surface area contributed by atoms with Crippen molar-refractivity contribution in [1.29, 1.82) is 0 Å². The summed E-state index contributed by atoms with van der Waals surface area (Å²) in [5.74, 6) is 0. The Kier molecular flexibility index (Phi) is 8.08. The standard InChI is InChI=1S/C61H45N/c1-40-36-42(54-37-41-18-10-11-23-47(41)48-24-12-13-25-49(48)54)30-35-59(40)62(45-31-33-52-50-26-14-16-28-55(50)60(2,3)57(52)38-45)46-32-34-53-51-27-15-17-29-56(51)61(58(53)39-46,43-19-6-4-7-20-43)44-21-8-5-9-22-44/h4-39H,1-3H3. The van der Waals surface area contributed by atoms with Crippen molar-refractivity contribution < 1.29 is 0 Å². The molecule has 1 heteroatoms. The summed E-state index contributed by atoms with van der Waals surface area (Å²) in [4.78, 5) is 2.51. The molecule has 62 heavy (non-hydrogen) atoms. The van der Waals surface area contributed by atoms with Gasteiger partial charge in [-0.25, -0.2) is 0 Å². The normalized spacial score (nSPS) is 14.0. The van der Waals surface area contributed by atoms with Gasteiger partial charge in [0.25, 0.3) is 0 Å². The summed E-state index contributed by atoms with van der Waals surface area (Å²) in [5, 5.41) is 5.09. The van der Waals surface area contributed by atoms with Gasteiger partial charge in [-0.15, -0.1) is 0 Å². The number of aryl methyl sites for hydroxylation is 1. The van der Waals surface area contributed by atoms with Gasteiger partial charge in [0.2, 0.25) is 0 Å². The molecule has 2 aliphatic carbocycles. The Hall–Kier alpha value is -7.48. The van der Waals surface area contributed by atoms with Crippen LogP contribution in [-0.4, -0.2) is 0 Å². The molecule has 0 N–H and O–H groups in total. The predicted octanol–water partition coefficient (Wildman–Crippen LogP) is 16.1. The van der Waals surface area contributed by atoms with Crippen molar-refractivity contribution in [3.63, 3.8) is 0 Å². The molecule has 10 aromatic rings. The smallest absolute Gasteiger partial charge is 0.0714 e. The van der Waals surface area contributed by atoms with E-state index >= 15 is 0 Å². The third-order valence-corrected chi connectivity index (χ3v) is 14.0. The molecular formula is C61H45N. The Morgan fingerprint density at radius 3 is 1.55 bits per heavy atom. The first-order valence-electron chi connectivity index (χ1n) is 21.8. The fraction of sp³-hybridized carbons (Fsp3) is 0.0820. The van der Waals surface area contributed by atoms with Gasteiger partial charge in [-0.2, -0.15) is 0 Å². The Balaban J connectivity index is 1.10. The summed E-state index contributed by atoms with van der Waals surface area (Å²) in [5.41, 5.74) is 19.6. The summed E-state index contributed by atoms with van der Waals surface area (Å²) in [7, 11) is 0. The lowest BCUT2D eigenvalue weighted by Crippen LogP contribution is -2.28. The molecule has 0 bridgehead atoms. The van der Waals surface area contributed by atoms with Crippen molar-refractivity contribution >= 4 is 38.6 Å². The van der Waals surface area contributed by atoms with Gasteiger partial charge in [0, 0.05) is 22.5 Å². The van der Waals surface area contributed by atoms with Crippen molar-refractivity contribution in [2.75, 3.05) is 4.90 Å². The van der Waals surface area contributed by atoms with E-state index in [1.807, 2.05) is 0 Å². The Morgan fingerprint density at radius 1 is 0.355 bits per heavy atom. The molecular weight excluding hydrogens is 747 g/mol. The van der Waals surface area contributed by atoms with Gasteiger partial charge in [0.05, 0.1) is 5.41 Å². The molecule has 1 nitrogen and oxygen atoms in total. The molecule has 2 aliphatic rings. The molecule has 10 aromatic carbocycles. The van der Waals surface area contributed by atoms with E-state index in [4.69, 9.17) is 0 Å². The third-order valence-electron chi connectivity index (χ3n) is 14.0. The van der Waals surface area contributed by atoms with E-state index < -0.39 is 5.41 Å². The highest BCUT2D eigenvalue weighted by Gasteiger charge is 2.46. The van der Waals surface area contributed by atoms with E-state index in [9.17, 15) is 0 Å². The number of hydrogen-bond acceptors (Lipinski definition) is 1. The van der Waals surface area contributed by atoms with Gasteiger partial charge >= 0.3 is 0 Å². The fourth-order valence-electron chi connectivity index (χ4n) is 11.2. The van der Waals surface area contributed by atoms with Gasteiger partial charge in [0.1, 0.15) is 0 Å². The van der Waals surface area contributed by atoms with Gasteiger partial charge in [-0.1, -0.05) is 190 Å². The van der Waals surface area contributed by atoms with Gasteiger partial charge < -0.3 is 4.90 Å². The minimum Gasteiger partial charge on any atom is -0.310 e. The quantitative estimate of drug-likeness (QED) is 0.152. The number of hydrogen-bond donors (Lipinski definition) is 0. The zero-order valence-electron chi connectivity index (χ0n) is 35.2. The Labute approximate surface area is 364 Å². The minimum absolute atomic E-state index is 0.140. The van der Waals surface area contributed by atoms with Crippen molar-refractivity contribution in [2.45, 2.75) is 31.6 Å². The third kappa shape index (κ3) is 5.21. The molecule has 0 amide bonds. The zero-order valence-corrected chi connectivity index (χ0v) is 35.2. The van der Waals surface area contributed by atoms with E-state index in [-0.39, 0.29) is 5.41 Å². The summed E-state index contributed by atoms with van der Waals surface area (Å²) in [6.45, 7) is 7.03. The number of nitrogens with zero attached hydrogens (tertiary/aromatic N) is 1. The molecule has 0 aromatic heterocycles. The van der Waals surface area contributed by atoms with Crippen molar-refractivity contribution in [2.24, 2.45) is 0 Å². The van der Waals surface area contributed by atoms with Crippen molar-refractivity contribution in [1.82, 2.24) is 0 Å². The van der Waals surface area contributed by atoms with Gasteiger partial charge in [-0.3, -0.25) is 0 Å². The molecule has 0 aliphatic heterocycles. The van der Waals surface area contributed by atoms with Crippen LogP contribution >= 0.6 is 0 Å². The lowest BCUT2D eigenvalue weighted by atomic mass is 9.67. The average Bonchev–Trinajstić information content (AvgIpc) is 3.75. The maximum absolute atomic E-state index is 2.51. The lowest BCUT2D eigenvalue weighted by molar-refractivity contribution is 0.660. The second kappa shape index (κ2) is 13.8. The number of benzene rings is 10. The van der Waals surface area contributed by atoms with Crippen LogP contribution in [0.25, 0.3) is 54.9 Å². The van der Waals surface area contributed by atoms with Crippen molar-refractivity contribution in [3.05, 3.63) is 257 Å². The predicted molar refractivity (Wildman–Crippen MR) is 261 cm³/mol. The molecule has 0 atom stereocenters. The monoisotopic (exact) mass is 791 g/mol. The first-order valence-corrected chi connectivity index (χ1v) is 21.8. The van der Waals surface area contributed by atoms with Crippen LogP contribution in [-0.2, 0) is 10.8 Å². The first-order chi connectivity index (χ1) is 30.4. The molecule has 0 heterocycles. The highest BCUT2D eigenvalue weighted by molar-refractivity contribution is 6.14. The number of anilines is 3. The molecule has 294 valence electrons. The average molecular weight is 792 g/mol. The molecule has 0 saturated carbocycles. The van der Waals surface area contributed by atoms with Crippen LogP contribution in [0.2, 0.25) is 0 Å². The van der Waals surface area contributed by atoms with E-state index in [1.54, 1.807) is 0 Å². The van der Waals surface area contributed by atoms with Crippen LogP contribution in [0.1, 0.15) is 52.8 Å². The minimum atomic E-state index is -0.506. The highest BCUT2D eigenvalue weighted by atomic mass is 15.1. The van der Waals surface area contributed by atoms with Crippen LogP contribution in [0.3, 0.4) is 0 Å². The van der Waals surface area contributed by atoms with Crippen LogP contribution in [0.15, 0.2) is 218 Å². The van der Waals surface area contributed by atoms with E-state index in [0.717, 1.165) is 17.1 Å². The van der Waals surface area contributed by atoms with Crippen LogP contribution in [0.4, 0.5) is 17.1 Å². The first kappa shape index (κ1) is 36.4. The number of rotatable bonds is 6. The maximum Gasteiger partial charge on any atom is 0.0714 e. The van der Waals surface area contributed by atoms with Gasteiger partial charge in [-0.05, 0) is 143 Å². The Morgan fingerprint density at radius 2 is 0.871 bits per heavy atom. The SMILES string of the molecule is Cc1cc(-c2cc3ccccc3c3ccccc23)ccc1N(c1ccc2c(c1)C(C)(C)c1ccccc1-2)c1ccc2c(c1)C(c1ccccc1)(c1ccccc1)c1ccccc1-2. The van der Waals surface area contributed by atoms with E-state index in [1.165, 1.54) is 93.9 Å². The zero-order chi connectivity index (χ0) is 41.6. The molecule has 12 rings (SSSR count).